The van der Waals surface area contributed by atoms with E-state index in [1.165, 1.54) is 9.87 Å². The molecule has 0 aromatic heterocycles. The van der Waals surface area contributed by atoms with Crippen molar-refractivity contribution in [1.29, 1.82) is 0 Å². The lowest BCUT2D eigenvalue weighted by Crippen LogP contribution is -2.55. The quantitative estimate of drug-likeness (QED) is 0.772. The normalized spacial score (nSPS) is 19.6. The third kappa shape index (κ3) is 3.42. The molecule has 2 aliphatic heterocycles. The van der Waals surface area contributed by atoms with E-state index in [0.717, 1.165) is 17.5 Å². The zero-order chi connectivity index (χ0) is 20.8. The number of piperazine rings is 1. The van der Waals surface area contributed by atoms with Crippen molar-refractivity contribution in [3.8, 4) is 5.75 Å². The molecule has 0 radical (unpaired) electrons. The topological polar surface area (TPSA) is 66.9 Å². The number of carbonyl (C=O) groups is 1. The molecule has 1 fully saturated rings. The van der Waals surface area contributed by atoms with Crippen LogP contribution in [0.4, 0.5) is 0 Å². The number of carbonyl (C=O) groups excluding carboxylic acids is 1. The van der Waals surface area contributed by atoms with Crippen molar-refractivity contribution in [2.24, 2.45) is 0 Å². The molecule has 2 heterocycles. The van der Waals surface area contributed by atoms with E-state index in [9.17, 15) is 13.2 Å². The largest absolute Gasteiger partial charge is 0.494 e. The summed E-state index contributed by atoms with van der Waals surface area (Å²) in [6.07, 6.45) is 0.808. The van der Waals surface area contributed by atoms with Gasteiger partial charge in [-0.05, 0) is 61.6 Å². The summed E-state index contributed by atoms with van der Waals surface area (Å²) in [5.74, 6) is 0.547. The van der Waals surface area contributed by atoms with Crippen LogP contribution in [0.3, 0.4) is 0 Å². The fraction of sp³-hybridized carbons (Fsp3) is 0.409. The molecular formula is C22H26N2O4S. The Bertz CT molecular complexity index is 1060. The maximum Gasteiger partial charge on any atom is 0.243 e. The Labute approximate surface area is 172 Å². The number of nitrogens with zero attached hydrogens (tertiary/aromatic N) is 2. The SMILES string of the molecule is CCOc1cc(C)c(S(=O)(=O)N2CC(=O)N3CCc4ccccc4[C@H]3C2)cc1C. The van der Waals surface area contributed by atoms with Gasteiger partial charge in [-0.1, -0.05) is 24.3 Å². The Morgan fingerprint density at radius 2 is 1.90 bits per heavy atom. The number of ether oxygens (including phenoxy) is 1. The van der Waals surface area contributed by atoms with E-state index in [1.54, 1.807) is 19.1 Å². The van der Waals surface area contributed by atoms with Gasteiger partial charge >= 0.3 is 0 Å². The molecule has 1 amide bonds. The molecule has 0 spiro atoms. The molecule has 7 heteroatoms. The van der Waals surface area contributed by atoms with Gasteiger partial charge in [-0.3, -0.25) is 4.79 Å². The average molecular weight is 415 g/mol. The Balaban J connectivity index is 1.70. The van der Waals surface area contributed by atoms with E-state index in [1.807, 2.05) is 36.9 Å². The Kier molecular flexibility index (Phi) is 5.12. The lowest BCUT2D eigenvalue weighted by molar-refractivity contribution is -0.138. The van der Waals surface area contributed by atoms with Gasteiger partial charge in [0.2, 0.25) is 15.9 Å². The Morgan fingerprint density at radius 1 is 1.14 bits per heavy atom. The van der Waals surface area contributed by atoms with Crippen LogP contribution in [0.1, 0.15) is 35.2 Å². The van der Waals surface area contributed by atoms with Gasteiger partial charge in [0.15, 0.2) is 0 Å². The highest BCUT2D eigenvalue weighted by Crippen LogP contribution is 2.36. The standard InChI is InChI=1S/C22H26N2O4S/c1-4-28-20-11-16(3)21(12-15(20)2)29(26,27)23-13-19-18-8-6-5-7-17(18)9-10-24(19)22(25)14-23/h5-8,11-12,19H,4,9-10,13-14H2,1-3H3/t19-/m1/s1. The molecule has 0 N–H and O–H groups in total. The van der Waals surface area contributed by atoms with Crippen LogP contribution < -0.4 is 4.74 Å². The predicted molar refractivity (Wildman–Crippen MR) is 110 cm³/mol. The maximum atomic E-state index is 13.5. The zero-order valence-corrected chi connectivity index (χ0v) is 17.8. The predicted octanol–water partition coefficient (Wildman–Crippen LogP) is 2.83. The van der Waals surface area contributed by atoms with Crippen molar-refractivity contribution in [1.82, 2.24) is 9.21 Å². The number of fused-ring (bicyclic) bond motifs is 3. The molecule has 6 nitrogen and oxygen atoms in total. The number of sulfonamides is 1. The lowest BCUT2D eigenvalue weighted by atomic mass is 9.91. The number of rotatable bonds is 4. The van der Waals surface area contributed by atoms with Gasteiger partial charge < -0.3 is 9.64 Å². The van der Waals surface area contributed by atoms with Crippen molar-refractivity contribution >= 4 is 15.9 Å². The second-order valence-electron chi connectivity index (χ2n) is 7.67. The van der Waals surface area contributed by atoms with Crippen LogP contribution >= 0.6 is 0 Å². The second kappa shape index (κ2) is 7.46. The van der Waals surface area contributed by atoms with Crippen LogP contribution in [0, 0.1) is 13.8 Å². The molecule has 1 atom stereocenters. The van der Waals surface area contributed by atoms with Gasteiger partial charge in [-0.2, -0.15) is 4.31 Å². The molecule has 4 rings (SSSR count). The minimum absolute atomic E-state index is 0.118. The molecule has 2 aromatic carbocycles. The molecule has 154 valence electrons. The number of benzene rings is 2. The van der Waals surface area contributed by atoms with Gasteiger partial charge in [0.1, 0.15) is 5.75 Å². The highest BCUT2D eigenvalue weighted by Gasteiger charge is 2.41. The average Bonchev–Trinajstić information content (AvgIpc) is 2.70. The van der Waals surface area contributed by atoms with Gasteiger partial charge in [-0.25, -0.2) is 8.42 Å². The summed E-state index contributed by atoms with van der Waals surface area (Å²) in [6, 6.07) is 11.2. The minimum Gasteiger partial charge on any atom is -0.494 e. The van der Waals surface area contributed by atoms with Gasteiger partial charge in [0, 0.05) is 13.1 Å². The highest BCUT2D eigenvalue weighted by molar-refractivity contribution is 7.89. The molecule has 0 saturated carbocycles. The second-order valence-corrected chi connectivity index (χ2v) is 9.57. The molecule has 2 aliphatic rings. The monoisotopic (exact) mass is 414 g/mol. The highest BCUT2D eigenvalue weighted by atomic mass is 32.2. The van der Waals surface area contributed by atoms with Crippen LogP contribution in [0.2, 0.25) is 0 Å². The number of amides is 1. The Morgan fingerprint density at radius 3 is 2.66 bits per heavy atom. The fourth-order valence-electron chi connectivity index (χ4n) is 4.32. The van der Waals surface area contributed by atoms with E-state index in [2.05, 4.69) is 6.07 Å². The third-order valence-corrected chi connectivity index (χ3v) is 7.76. The van der Waals surface area contributed by atoms with Gasteiger partial charge in [0.05, 0.1) is 24.1 Å². The van der Waals surface area contributed by atoms with E-state index in [-0.39, 0.29) is 29.9 Å². The molecule has 0 aliphatic carbocycles. The van der Waals surface area contributed by atoms with Crippen molar-refractivity contribution in [3.63, 3.8) is 0 Å². The number of aryl methyl sites for hydroxylation is 2. The van der Waals surface area contributed by atoms with Crippen LogP contribution in [-0.2, 0) is 21.2 Å². The van der Waals surface area contributed by atoms with E-state index >= 15 is 0 Å². The first-order valence-corrected chi connectivity index (χ1v) is 11.4. The molecule has 0 bridgehead atoms. The molecule has 2 aromatic rings. The lowest BCUT2D eigenvalue weighted by Gasteiger charge is -2.44. The van der Waals surface area contributed by atoms with E-state index < -0.39 is 10.0 Å². The maximum absolute atomic E-state index is 13.5. The van der Waals surface area contributed by atoms with Crippen LogP contribution in [0.25, 0.3) is 0 Å². The third-order valence-electron chi connectivity index (χ3n) is 5.81. The summed E-state index contributed by atoms with van der Waals surface area (Å²) in [5.41, 5.74) is 3.63. The number of hydrogen-bond donors (Lipinski definition) is 0. The summed E-state index contributed by atoms with van der Waals surface area (Å²) in [6.45, 7) is 6.81. The van der Waals surface area contributed by atoms with E-state index in [0.29, 0.717) is 24.5 Å². The fourth-order valence-corrected chi connectivity index (χ4v) is 6.01. The van der Waals surface area contributed by atoms with Crippen molar-refractivity contribution < 1.29 is 17.9 Å². The van der Waals surface area contributed by atoms with Crippen LogP contribution in [-0.4, -0.2) is 49.8 Å². The number of hydrogen-bond acceptors (Lipinski definition) is 4. The molecular weight excluding hydrogens is 388 g/mol. The first-order chi connectivity index (χ1) is 13.8. The first-order valence-electron chi connectivity index (χ1n) is 9.94. The van der Waals surface area contributed by atoms with Crippen molar-refractivity contribution in [2.75, 3.05) is 26.2 Å². The summed E-state index contributed by atoms with van der Waals surface area (Å²) < 4.78 is 33.9. The zero-order valence-electron chi connectivity index (χ0n) is 17.0. The first kappa shape index (κ1) is 19.9. The summed E-state index contributed by atoms with van der Waals surface area (Å²) in [7, 11) is -3.80. The van der Waals surface area contributed by atoms with Crippen molar-refractivity contribution in [2.45, 2.75) is 38.1 Å². The van der Waals surface area contributed by atoms with Gasteiger partial charge in [-0.15, -0.1) is 0 Å². The summed E-state index contributed by atoms with van der Waals surface area (Å²) >= 11 is 0. The Hall–Kier alpha value is -2.38. The smallest absolute Gasteiger partial charge is 0.243 e. The van der Waals surface area contributed by atoms with E-state index in [4.69, 9.17) is 4.74 Å². The van der Waals surface area contributed by atoms with Gasteiger partial charge in [0.25, 0.3) is 0 Å². The van der Waals surface area contributed by atoms with Crippen LogP contribution in [0.5, 0.6) is 5.75 Å². The minimum atomic E-state index is -3.80. The summed E-state index contributed by atoms with van der Waals surface area (Å²) in [4.78, 5) is 14.9. The molecule has 1 saturated heterocycles. The van der Waals surface area contributed by atoms with Crippen molar-refractivity contribution in [3.05, 3.63) is 58.7 Å². The molecule has 0 unspecified atom stereocenters. The summed E-state index contributed by atoms with van der Waals surface area (Å²) in [5, 5.41) is 0. The molecule has 29 heavy (non-hydrogen) atoms. The van der Waals surface area contributed by atoms with Crippen LogP contribution in [0.15, 0.2) is 41.3 Å².